The third-order valence-electron chi connectivity index (χ3n) is 5.37. The lowest BCUT2D eigenvalue weighted by Crippen LogP contribution is -2.51. The van der Waals surface area contributed by atoms with Crippen molar-refractivity contribution < 1.29 is 14.3 Å². The van der Waals surface area contributed by atoms with Crippen molar-refractivity contribution in [2.24, 2.45) is 0 Å². The number of aromatic nitrogens is 2. The van der Waals surface area contributed by atoms with Crippen molar-refractivity contribution in [2.75, 3.05) is 32.8 Å². The molecule has 7 nitrogen and oxygen atoms in total. The van der Waals surface area contributed by atoms with E-state index in [2.05, 4.69) is 0 Å². The summed E-state index contributed by atoms with van der Waals surface area (Å²) in [5, 5.41) is 4.75. The van der Waals surface area contributed by atoms with Crippen LogP contribution in [0.5, 0.6) is 0 Å². The van der Waals surface area contributed by atoms with E-state index in [1.165, 1.54) is 0 Å². The highest BCUT2D eigenvalue weighted by Crippen LogP contribution is 2.23. The van der Waals surface area contributed by atoms with Gasteiger partial charge in [0.1, 0.15) is 5.69 Å². The summed E-state index contributed by atoms with van der Waals surface area (Å²) in [7, 11) is 0. The van der Waals surface area contributed by atoms with Gasteiger partial charge in [0.05, 0.1) is 18.0 Å². The second-order valence-corrected chi connectivity index (χ2v) is 7.51. The first kappa shape index (κ1) is 20.7. The summed E-state index contributed by atoms with van der Waals surface area (Å²) < 4.78 is 6.78. The fourth-order valence-electron chi connectivity index (χ4n) is 3.64. The second-order valence-electron chi connectivity index (χ2n) is 7.51. The third-order valence-corrected chi connectivity index (χ3v) is 5.37. The molecule has 4 rings (SSSR count). The molecule has 7 heteroatoms. The molecule has 1 aromatic heterocycles. The van der Waals surface area contributed by atoms with Gasteiger partial charge in [-0.2, -0.15) is 5.10 Å². The molecule has 0 atom stereocenters. The van der Waals surface area contributed by atoms with Gasteiger partial charge in [0.15, 0.2) is 0 Å². The normalized spacial score (nSPS) is 13.9. The fraction of sp³-hybridized carbons (Fsp3) is 0.292. The SMILES string of the molecule is CCOC(=O)N1CCN(C(=O)c2cc(-c3ccccc3)nn2-c2ccc(C)cc2)CC1. The third kappa shape index (κ3) is 4.45. The van der Waals surface area contributed by atoms with Crippen LogP contribution < -0.4 is 0 Å². The highest BCUT2D eigenvalue weighted by atomic mass is 16.6. The van der Waals surface area contributed by atoms with E-state index in [0.29, 0.717) is 38.5 Å². The molecule has 0 unspecified atom stereocenters. The van der Waals surface area contributed by atoms with Gasteiger partial charge in [-0.25, -0.2) is 9.48 Å². The van der Waals surface area contributed by atoms with Gasteiger partial charge >= 0.3 is 6.09 Å². The van der Waals surface area contributed by atoms with E-state index in [0.717, 1.165) is 22.5 Å². The Labute approximate surface area is 181 Å². The average Bonchev–Trinajstić information content (AvgIpc) is 3.25. The molecular formula is C24H26N4O3. The van der Waals surface area contributed by atoms with Gasteiger partial charge in [0.2, 0.25) is 0 Å². The van der Waals surface area contributed by atoms with Gasteiger partial charge in [0, 0.05) is 31.7 Å². The average molecular weight is 418 g/mol. The van der Waals surface area contributed by atoms with Crippen molar-refractivity contribution in [1.29, 1.82) is 0 Å². The predicted molar refractivity (Wildman–Crippen MR) is 118 cm³/mol. The van der Waals surface area contributed by atoms with E-state index in [4.69, 9.17) is 9.84 Å². The van der Waals surface area contributed by atoms with Crippen LogP contribution in [0.1, 0.15) is 23.0 Å². The van der Waals surface area contributed by atoms with Crippen LogP contribution in [0, 0.1) is 6.92 Å². The Bertz CT molecular complexity index is 1050. The van der Waals surface area contributed by atoms with Crippen LogP contribution in [0.2, 0.25) is 0 Å². The summed E-state index contributed by atoms with van der Waals surface area (Å²) in [6.45, 7) is 5.97. The number of aryl methyl sites for hydroxylation is 1. The summed E-state index contributed by atoms with van der Waals surface area (Å²) >= 11 is 0. The standard InChI is InChI=1S/C24H26N4O3/c1-3-31-24(30)27-15-13-26(14-16-27)23(29)22-17-21(19-7-5-4-6-8-19)25-28(22)20-11-9-18(2)10-12-20/h4-12,17H,3,13-16H2,1-2H3. The van der Waals surface area contributed by atoms with Crippen molar-refractivity contribution in [3.63, 3.8) is 0 Å². The minimum Gasteiger partial charge on any atom is -0.450 e. The molecule has 1 fully saturated rings. The molecule has 0 spiro atoms. The van der Waals surface area contributed by atoms with Crippen LogP contribution in [0.15, 0.2) is 60.7 Å². The molecule has 0 saturated carbocycles. The van der Waals surface area contributed by atoms with Crippen molar-refractivity contribution in [1.82, 2.24) is 19.6 Å². The van der Waals surface area contributed by atoms with Crippen molar-refractivity contribution in [2.45, 2.75) is 13.8 Å². The molecule has 2 amide bonds. The van der Waals surface area contributed by atoms with Crippen LogP contribution in [0.4, 0.5) is 4.79 Å². The zero-order valence-corrected chi connectivity index (χ0v) is 17.8. The molecular weight excluding hydrogens is 392 g/mol. The Kier molecular flexibility index (Phi) is 6.02. The van der Waals surface area contributed by atoms with Gasteiger partial charge in [-0.05, 0) is 32.0 Å². The summed E-state index contributed by atoms with van der Waals surface area (Å²) in [5.41, 5.74) is 4.18. The lowest BCUT2D eigenvalue weighted by atomic mass is 10.1. The molecule has 160 valence electrons. The van der Waals surface area contributed by atoms with Crippen LogP contribution in [0.25, 0.3) is 16.9 Å². The quantitative estimate of drug-likeness (QED) is 0.647. The Morgan fingerprint density at radius 1 is 0.935 bits per heavy atom. The number of carbonyl (C=O) groups is 2. The summed E-state index contributed by atoms with van der Waals surface area (Å²) in [5.74, 6) is -0.0984. The van der Waals surface area contributed by atoms with Gasteiger partial charge in [-0.3, -0.25) is 4.79 Å². The smallest absolute Gasteiger partial charge is 0.409 e. The lowest BCUT2D eigenvalue weighted by molar-refractivity contribution is 0.0563. The van der Waals surface area contributed by atoms with E-state index in [-0.39, 0.29) is 12.0 Å². The number of ether oxygens (including phenoxy) is 1. The maximum absolute atomic E-state index is 13.4. The van der Waals surface area contributed by atoms with Gasteiger partial charge in [0.25, 0.3) is 5.91 Å². The zero-order valence-electron chi connectivity index (χ0n) is 17.8. The Balaban J connectivity index is 1.62. The molecule has 1 saturated heterocycles. The number of hydrogen-bond donors (Lipinski definition) is 0. The maximum atomic E-state index is 13.4. The number of carbonyl (C=O) groups excluding carboxylic acids is 2. The van der Waals surface area contributed by atoms with Gasteiger partial charge in [-0.1, -0.05) is 48.0 Å². The number of hydrogen-bond acceptors (Lipinski definition) is 4. The molecule has 3 aromatic rings. The predicted octanol–water partition coefficient (Wildman–Crippen LogP) is 3.76. The molecule has 2 aromatic carbocycles. The molecule has 1 aliphatic rings. The van der Waals surface area contributed by atoms with Gasteiger partial charge in [-0.15, -0.1) is 0 Å². The molecule has 0 N–H and O–H groups in total. The zero-order chi connectivity index (χ0) is 21.8. The number of nitrogens with zero attached hydrogens (tertiary/aromatic N) is 4. The van der Waals surface area contributed by atoms with Crippen LogP contribution in [-0.2, 0) is 4.74 Å². The molecule has 31 heavy (non-hydrogen) atoms. The highest BCUT2D eigenvalue weighted by Gasteiger charge is 2.28. The molecule has 2 heterocycles. The molecule has 1 aliphatic heterocycles. The van der Waals surface area contributed by atoms with E-state index >= 15 is 0 Å². The van der Waals surface area contributed by atoms with Crippen molar-refractivity contribution in [3.8, 4) is 16.9 Å². The molecule has 0 bridgehead atoms. The number of amides is 2. The number of piperazine rings is 1. The van der Waals surface area contributed by atoms with Crippen molar-refractivity contribution in [3.05, 3.63) is 71.9 Å². The maximum Gasteiger partial charge on any atom is 0.409 e. The van der Waals surface area contributed by atoms with Crippen molar-refractivity contribution >= 4 is 12.0 Å². The van der Waals surface area contributed by atoms with E-state index < -0.39 is 0 Å². The highest BCUT2D eigenvalue weighted by molar-refractivity contribution is 5.94. The molecule has 0 radical (unpaired) electrons. The molecule has 0 aliphatic carbocycles. The Hall–Kier alpha value is -3.61. The van der Waals surface area contributed by atoms with Crippen LogP contribution >= 0.6 is 0 Å². The first-order valence-corrected chi connectivity index (χ1v) is 10.5. The second kappa shape index (κ2) is 9.04. The topological polar surface area (TPSA) is 67.7 Å². The fourth-order valence-corrected chi connectivity index (χ4v) is 3.64. The summed E-state index contributed by atoms with van der Waals surface area (Å²) in [6.07, 6.45) is -0.328. The Morgan fingerprint density at radius 2 is 1.58 bits per heavy atom. The minimum absolute atomic E-state index is 0.0984. The van der Waals surface area contributed by atoms with Crippen LogP contribution in [0.3, 0.4) is 0 Å². The summed E-state index contributed by atoms with van der Waals surface area (Å²) in [6, 6.07) is 19.6. The number of rotatable bonds is 4. The van der Waals surface area contributed by atoms with Gasteiger partial charge < -0.3 is 14.5 Å². The van der Waals surface area contributed by atoms with E-state index in [1.807, 2.05) is 67.6 Å². The first-order valence-electron chi connectivity index (χ1n) is 10.5. The Morgan fingerprint density at radius 3 is 2.23 bits per heavy atom. The summed E-state index contributed by atoms with van der Waals surface area (Å²) in [4.78, 5) is 28.8. The van der Waals surface area contributed by atoms with E-state index in [1.54, 1.807) is 21.4 Å². The monoisotopic (exact) mass is 418 g/mol. The lowest BCUT2D eigenvalue weighted by Gasteiger charge is -2.34. The largest absolute Gasteiger partial charge is 0.450 e. The minimum atomic E-state index is -0.328. The van der Waals surface area contributed by atoms with Crippen LogP contribution in [-0.4, -0.2) is 64.4 Å². The number of benzene rings is 2. The first-order chi connectivity index (χ1) is 15.1. The van der Waals surface area contributed by atoms with E-state index in [9.17, 15) is 9.59 Å².